The lowest BCUT2D eigenvalue weighted by atomic mass is 10.2. The molecule has 2 aromatic rings. The molecular formula is C19H24Cl2O4. The third kappa shape index (κ3) is 15.8. The van der Waals surface area contributed by atoms with Gasteiger partial charge >= 0.3 is 0 Å². The average molecular weight is 387 g/mol. The van der Waals surface area contributed by atoms with Gasteiger partial charge < -0.3 is 19.4 Å². The van der Waals surface area contributed by atoms with Crippen LogP contribution in [0.5, 0.6) is 0 Å². The lowest BCUT2D eigenvalue weighted by Gasteiger charge is -2.00. The molecule has 0 radical (unpaired) electrons. The zero-order valence-electron chi connectivity index (χ0n) is 14.0. The lowest BCUT2D eigenvalue weighted by Crippen LogP contribution is -1.98. The van der Waals surface area contributed by atoms with E-state index in [4.69, 9.17) is 37.8 Å². The molecule has 1 N–H and O–H groups in total. The lowest BCUT2D eigenvalue weighted by molar-refractivity contribution is -0.112. The van der Waals surface area contributed by atoms with Gasteiger partial charge in [-0.25, -0.2) is 0 Å². The molecule has 2 rings (SSSR count). The smallest absolute Gasteiger partial charge is 0.145 e. The van der Waals surface area contributed by atoms with Crippen LogP contribution in [-0.2, 0) is 27.5 Å². The molecule has 0 aliphatic carbocycles. The molecule has 0 aromatic heterocycles. The van der Waals surface area contributed by atoms with Crippen LogP contribution in [0.25, 0.3) is 0 Å². The van der Waals surface area contributed by atoms with E-state index in [1.165, 1.54) is 0 Å². The SMILES string of the molecule is ClCCl.O=CCOCc1ccccc1.OCCOCc1ccccc1. The van der Waals surface area contributed by atoms with E-state index in [0.29, 0.717) is 19.8 Å². The number of rotatable bonds is 8. The van der Waals surface area contributed by atoms with Crippen molar-refractivity contribution in [1.29, 1.82) is 0 Å². The number of aliphatic hydroxyl groups is 1. The monoisotopic (exact) mass is 386 g/mol. The van der Waals surface area contributed by atoms with Crippen molar-refractivity contribution in [2.75, 3.05) is 25.2 Å². The summed E-state index contributed by atoms with van der Waals surface area (Å²) in [6.07, 6.45) is 0.753. The number of aldehydes is 1. The van der Waals surface area contributed by atoms with E-state index in [9.17, 15) is 4.79 Å². The van der Waals surface area contributed by atoms with Crippen LogP contribution in [-0.4, -0.2) is 36.6 Å². The molecule has 6 heteroatoms. The highest BCUT2D eigenvalue weighted by Gasteiger charge is 1.89. The van der Waals surface area contributed by atoms with Crippen LogP contribution >= 0.6 is 23.2 Å². The molecule has 0 aliphatic heterocycles. The molecule has 0 aliphatic rings. The highest BCUT2D eigenvalue weighted by atomic mass is 35.5. The maximum Gasteiger partial charge on any atom is 0.145 e. The van der Waals surface area contributed by atoms with Crippen LogP contribution < -0.4 is 0 Å². The summed E-state index contributed by atoms with van der Waals surface area (Å²) >= 11 is 9.53. The van der Waals surface area contributed by atoms with E-state index in [0.717, 1.165) is 17.4 Å². The predicted molar refractivity (Wildman–Crippen MR) is 102 cm³/mol. The Bertz CT molecular complexity index is 509. The summed E-state index contributed by atoms with van der Waals surface area (Å²) in [4.78, 5) is 9.87. The topological polar surface area (TPSA) is 55.8 Å². The normalized spacial score (nSPS) is 9.24. The number of carbonyl (C=O) groups excluding carboxylic acids is 1. The number of benzene rings is 2. The van der Waals surface area contributed by atoms with Gasteiger partial charge in [0, 0.05) is 0 Å². The summed E-state index contributed by atoms with van der Waals surface area (Å²) in [5.74, 6) is 0. The highest BCUT2D eigenvalue weighted by Crippen LogP contribution is 2.00. The summed E-state index contributed by atoms with van der Waals surface area (Å²) in [5, 5.41) is 8.61. The van der Waals surface area contributed by atoms with Crippen molar-refractivity contribution in [3.8, 4) is 0 Å². The van der Waals surface area contributed by atoms with E-state index >= 15 is 0 Å². The van der Waals surface area contributed by atoms with Crippen molar-refractivity contribution >= 4 is 29.5 Å². The minimum absolute atomic E-state index is 0.0901. The summed E-state index contributed by atoms with van der Waals surface area (Å²) in [7, 11) is 0. The van der Waals surface area contributed by atoms with Crippen LogP contribution in [0, 0.1) is 0 Å². The van der Waals surface area contributed by atoms with Gasteiger partial charge in [0.25, 0.3) is 0 Å². The Morgan fingerprint density at radius 2 is 1.28 bits per heavy atom. The summed E-state index contributed by atoms with van der Waals surface area (Å²) in [6.45, 7) is 1.78. The van der Waals surface area contributed by atoms with E-state index in [2.05, 4.69) is 0 Å². The Morgan fingerprint density at radius 3 is 1.68 bits per heavy atom. The maximum absolute atomic E-state index is 9.87. The quantitative estimate of drug-likeness (QED) is 0.422. The second kappa shape index (κ2) is 18.9. The average Bonchev–Trinajstić information content (AvgIpc) is 2.65. The zero-order valence-corrected chi connectivity index (χ0v) is 15.5. The first-order valence-electron chi connectivity index (χ1n) is 7.68. The molecule has 0 amide bonds. The first-order chi connectivity index (χ1) is 12.3. The minimum atomic E-state index is 0.0901. The van der Waals surface area contributed by atoms with Crippen LogP contribution in [0.2, 0.25) is 0 Å². The van der Waals surface area contributed by atoms with Gasteiger partial charge in [0.2, 0.25) is 0 Å². The fourth-order valence-corrected chi connectivity index (χ4v) is 1.63. The van der Waals surface area contributed by atoms with Gasteiger partial charge in [-0.05, 0) is 11.1 Å². The van der Waals surface area contributed by atoms with Crippen molar-refractivity contribution in [3.63, 3.8) is 0 Å². The number of hydrogen-bond acceptors (Lipinski definition) is 4. The molecule has 0 saturated carbocycles. The Balaban J connectivity index is 0.000000399. The van der Waals surface area contributed by atoms with Crippen LogP contribution in [0.3, 0.4) is 0 Å². The third-order valence-corrected chi connectivity index (χ3v) is 2.64. The van der Waals surface area contributed by atoms with Gasteiger partial charge in [0.05, 0.1) is 31.8 Å². The van der Waals surface area contributed by atoms with Crippen molar-refractivity contribution in [2.45, 2.75) is 13.2 Å². The van der Waals surface area contributed by atoms with Crippen molar-refractivity contribution < 1.29 is 19.4 Å². The molecule has 2 aromatic carbocycles. The van der Waals surface area contributed by atoms with Crippen molar-refractivity contribution in [2.24, 2.45) is 0 Å². The molecule has 0 unspecified atom stereocenters. The number of ether oxygens (including phenoxy) is 2. The van der Waals surface area contributed by atoms with Crippen molar-refractivity contribution in [1.82, 2.24) is 0 Å². The molecule has 0 saturated heterocycles. The zero-order chi connectivity index (χ0) is 18.6. The third-order valence-electron chi connectivity index (χ3n) is 2.64. The van der Waals surface area contributed by atoms with Gasteiger partial charge in [-0.3, -0.25) is 0 Å². The number of aliphatic hydroxyl groups excluding tert-OH is 1. The number of alkyl halides is 2. The molecule has 0 bridgehead atoms. The van der Waals surface area contributed by atoms with Gasteiger partial charge in [0.1, 0.15) is 12.9 Å². The Morgan fingerprint density at radius 1 is 0.840 bits per heavy atom. The van der Waals surface area contributed by atoms with Crippen LogP contribution in [0.1, 0.15) is 11.1 Å². The predicted octanol–water partition coefficient (Wildman–Crippen LogP) is 4.02. The molecular weight excluding hydrogens is 363 g/mol. The number of halogens is 2. The molecule has 0 atom stereocenters. The second-order valence-electron chi connectivity index (χ2n) is 4.53. The van der Waals surface area contributed by atoms with E-state index < -0.39 is 0 Å². The van der Waals surface area contributed by atoms with Crippen LogP contribution in [0.4, 0.5) is 0 Å². The molecule has 0 spiro atoms. The Kier molecular flexibility index (Phi) is 17.8. The Hall–Kier alpha value is -1.43. The molecule has 138 valence electrons. The first-order valence-corrected chi connectivity index (χ1v) is 8.75. The summed E-state index contributed by atoms with van der Waals surface area (Å²) < 4.78 is 10.1. The van der Waals surface area contributed by atoms with E-state index in [-0.39, 0.29) is 18.6 Å². The maximum atomic E-state index is 9.87. The van der Waals surface area contributed by atoms with Crippen molar-refractivity contribution in [3.05, 3.63) is 71.8 Å². The molecule has 4 nitrogen and oxygen atoms in total. The standard InChI is InChI=1S/C9H12O2.C9H10O2.CH2Cl2/c2*10-6-7-11-8-9-4-2-1-3-5-9;2-1-3/h1-5,10H,6-8H2;1-6H,7-8H2;1H2. The molecule has 0 heterocycles. The van der Waals surface area contributed by atoms with Gasteiger partial charge in [0.15, 0.2) is 0 Å². The van der Waals surface area contributed by atoms with Gasteiger partial charge in [-0.2, -0.15) is 0 Å². The number of carbonyl (C=O) groups is 1. The van der Waals surface area contributed by atoms with E-state index in [1.54, 1.807) is 0 Å². The number of hydrogen-bond donors (Lipinski definition) is 1. The first kappa shape index (κ1) is 23.6. The minimum Gasteiger partial charge on any atom is -0.394 e. The Labute approximate surface area is 159 Å². The second-order valence-corrected chi connectivity index (χ2v) is 5.34. The highest BCUT2D eigenvalue weighted by molar-refractivity contribution is 6.40. The molecule has 0 fully saturated rings. The summed E-state index contributed by atoms with van der Waals surface area (Å²) in [6, 6.07) is 19.7. The van der Waals surface area contributed by atoms with Crippen LogP contribution in [0.15, 0.2) is 60.7 Å². The van der Waals surface area contributed by atoms with Gasteiger partial charge in [-0.1, -0.05) is 60.7 Å². The fourth-order valence-electron chi connectivity index (χ4n) is 1.63. The van der Waals surface area contributed by atoms with Gasteiger partial charge in [-0.15, -0.1) is 23.2 Å². The van der Waals surface area contributed by atoms with E-state index in [1.807, 2.05) is 60.7 Å². The fraction of sp³-hybridized carbons (Fsp3) is 0.316. The largest absolute Gasteiger partial charge is 0.394 e. The summed E-state index contributed by atoms with van der Waals surface area (Å²) in [5.41, 5.74) is 2.23. The molecule has 25 heavy (non-hydrogen) atoms.